The zero-order valence-electron chi connectivity index (χ0n) is 19.8. The molecule has 0 radical (unpaired) electrons. The molecule has 5 nitrogen and oxygen atoms in total. The van der Waals surface area contributed by atoms with Crippen LogP contribution in [-0.4, -0.2) is 28.4 Å². The van der Waals surface area contributed by atoms with Gasteiger partial charge in [0.1, 0.15) is 23.0 Å². The molecule has 0 unspecified atom stereocenters. The standard InChI is InChI=1S/C30H26FN3O2/c31-24-8-9-26-25(16-24)33-29(34(26)18-30(12-13-32-17-30)28(35)20-3-4-20)21-5-1-19(2-6-21)22-7-10-27-23(15-22)11-14-36-27/h1-2,5-11,14-16,20,32H,3-4,12-13,17-18H2/t30-/m0/s1. The molecule has 2 fully saturated rings. The Morgan fingerprint density at radius 3 is 2.61 bits per heavy atom. The molecule has 1 aliphatic heterocycles. The minimum Gasteiger partial charge on any atom is -0.464 e. The average Bonchev–Trinajstić information content (AvgIpc) is 3.29. The molecule has 1 N–H and O–H groups in total. The van der Waals surface area contributed by atoms with Crippen molar-refractivity contribution in [3.05, 3.63) is 78.8 Å². The van der Waals surface area contributed by atoms with Crippen LogP contribution >= 0.6 is 0 Å². The van der Waals surface area contributed by atoms with Crippen LogP contribution < -0.4 is 5.32 Å². The van der Waals surface area contributed by atoms with Crippen LogP contribution in [0.25, 0.3) is 44.5 Å². The summed E-state index contributed by atoms with van der Waals surface area (Å²) < 4.78 is 21.7. The number of benzene rings is 3. The van der Waals surface area contributed by atoms with Crippen LogP contribution in [0.4, 0.5) is 4.39 Å². The summed E-state index contributed by atoms with van der Waals surface area (Å²) in [5.74, 6) is 1.01. The van der Waals surface area contributed by atoms with Crippen LogP contribution in [0.2, 0.25) is 0 Å². The van der Waals surface area contributed by atoms with E-state index >= 15 is 0 Å². The predicted octanol–water partition coefficient (Wildman–Crippen LogP) is 6.21. The normalized spacial score (nSPS) is 19.9. The second-order valence-electron chi connectivity index (χ2n) is 10.3. The van der Waals surface area contributed by atoms with Crippen LogP contribution in [0.5, 0.6) is 0 Å². The van der Waals surface area contributed by atoms with Crippen LogP contribution in [-0.2, 0) is 11.3 Å². The minimum absolute atomic E-state index is 0.187. The molecule has 5 aromatic rings. The van der Waals surface area contributed by atoms with Crippen molar-refractivity contribution in [1.82, 2.24) is 14.9 Å². The maximum atomic E-state index is 14.1. The molecule has 0 spiro atoms. The van der Waals surface area contributed by atoms with Gasteiger partial charge in [0, 0.05) is 36.0 Å². The molecular weight excluding hydrogens is 453 g/mol. The van der Waals surface area contributed by atoms with Crippen LogP contribution in [0, 0.1) is 17.2 Å². The Hall–Kier alpha value is -3.77. The molecule has 1 atom stereocenters. The van der Waals surface area contributed by atoms with Gasteiger partial charge in [0.15, 0.2) is 0 Å². The summed E-state index contributed by atoms with van der Waals surface area (Å²) in [6, 6.07) is 21.2. The molecule has 0 bridgehead atoms. The van der Waals surface area contributed by atoms with Crippen molar-refractivity contribution in [2.75, 3.05) is 13.1 Å². The highest BCUT2D eigenvalue weighted by atomic mass is 19.1. The van der Waals surface area contributed by atoms with Crippen molar-refractivity contribution in [2.24, 2.45) is 11.3 Å². The second kappa shape index (κ2) is 8.14. The summed E-state index contributed by atoms with van der Waals surface area (Å²) >= 11 is 0. The Morgan fingerprint density at radius 1 is 1.03 bits per heavy atom. The molecule has 6 heteroatoms. The van der Waals surface area contributed by atoms with Crippen LogP contribution in [0.15, 0.2) is 77.4 Å². The molecule has 7 rings (SSSR count). The van der Waals surface area contributed by atoms with E-state index < -0.39 is 5.41 Å². The number of Topliss-reactive ketones (excluding diaryl/α,β-unsaturated/α-hetero) is 1. The fourth-order valence-corrected chi connectivity index (χ4v) is 5.69. The van der Waals surface area contributed by atoms with E-state index in [1.54, 1.807) is 12.3 Å². The van der Waals surface area contributed by atoms with Gasteiger partial charge in [0.05, 0.1) is 22.7 Å². The lowest BCUT2D eigenvalue weighted by molar-refractivity contribution is -0.129. The van der Waals surface area contributed by atoms with E-state index in [2.05, 4.69) is 46.3 Å². The monoisotopic (exact) mass is 479 g/mol. The fourth-order valence-electron chi connectivity index (χ4n) is 5.69. The maximum Gasteiger partial charge on any atom is 0.145 e. The molecule has 2 aliphatic rings. The molecular formula is C30H26FN3O2. The summed E-state index contributed by atoms with van der Waals surface area (Å²) in [4.78, 5) is 18.3. The topological polar surface area (TPSA) is 60.1 Å². The Bertz CT molecular complexity index is 1600. The third-order valence-electron chi connectivity index (χ3n) is 7.81. The number of furan rings is 1. The fraction of sp³-hybridized carbons (Fsp3) is 0.267. The summed E-state index contributed by atoms with van der Waals surface area (Å²) in [5, 5.41) is 4.49. The van der Waals surface area contributed by atoms with Gasteiger partial charge in [-0.1, -0.05) is 30.3 Å². The first-order chi connectivity index (χ1) is 17.6. The molecule has 1 saturated heterocycles. The smallest absolute Gasteiger partial charge is 0.145 e. The van der Waals surface area contributed by atoms with Gasteiger partial charge >= 0.3 is 0 Å². The number of aromatic nitrogens is 2. The Morgan fingerprint density at radius 2 is 1.83 bits per heavy atom. The van der Waals surface area contributed by atoms with E-state index in [0.29, 0.717) is 24.4 Å². The van der Waals surface area contributed by atoms with Gasteiger partial charge in [0.2, 0.25) is 0 Å². The highest BCUT2D eigenvalue weighted by molar-refractivity contribution is 5.90. The van der Waals surface area contributed by atoms with Crippen molar-refractivity contribution in [3.8, 4) is 22.5 Å². The van der Waals surface area contributed by atoms with E-state index in [1.807, 2.05) is 12.1 Å². The molecule has 3 aromatic carbocycles. The van der Waals surface area contributed by atoms with E-state index in [-0.39, 0.29) is 11.7 Å². The van der Waals surface area contributed by atoms with Gasteiger partial charge in [-0.2, -0.15) is 0 Å². The Kier molecular flexibility index (Phi) is 4.86. The van der Waals surface area contributed by atoms with E-state index in [9.17, 15) is 9.18 Å². The third kappa shape index (κ3) is 3.56. The quantitative estimate of drug-likeness (QED) is 0.314. The molecule has 2 aromatic heterocycles. The van der Waals surface area contributed by atoms with Crippen molar-refractivity contribution in [1.29, 1.82) is 0 Å². The number of hydrogen-bond donors (Lipinski definition) is 1. The zero-order valence-corrected chi connectivity index (χ0v) is 19.8. The number of halogens is 1. The lowest BCUT2D eigenvalue weighted by Crippen LogP contribution is -2.39. The molecule has 0 amide bonds. The summed E-state index contributed by atoms with van der Waals surface area (Å²) in [5.41, 5.74) is 5.04. The number of fused-ring (bicyclic) bond motifs is 2. The number of imidazole rings is 1. The van der Waals surface area contributed by atoms with Gasteiger partial charge < -0.3 is 14.3 Å². The zero-order chi connectivity index (χ0) is 24.3. The Labute approximate surface area is 207 Å². The first kappa shape index (κ1) is 21.5. The number of carbonyl (C=O) groups is 1. The lowest BCUT2D eigenvalue weighted by Gasteiger charge is -2.28. The molecule has 1 saturated carbocycles. The van der Waals surface area contributed by atoms with Crippen LogP contribution in [0.1, 0.15) is 19.3 Å². The Balaban J connectivity index is 1.30. The van der Waals surface area contributed by atoms with Crippen molar-refractivity contribution in [3.63, 3.8) is 0 Å². The number of ketones is 1. The number of rotatable bonds is 6. The van der Waals surface area contributed by atoms with Gasteiger partial charge in [-0.25, -0.2) is 9.37 Å². The molecule has 180 valence electrons. The van der Waals surface area contributed by atoms with E-state index in [0.717, 1.165) is 64.8 Å². The second-order valence-corrected chi connectivity index (χ2v) is 10.3. The highest BCUT2D eigenvalue weighted by Crippen LogP contribution is 2.42. The van der Waals surface area contributed by atoms with E-state index in [4.69, 9.17) is 9.40 Å². The third-order valence-corrected chi connectivity index (χ3v) is 7.81. The molecule has 3 heterocycles. The molecule has 36 heavy (non-hydrogen) atoms. The number of nitrogens with one attached hydrogen (secondary N) is 1. The first-order valence-corrected chi connectivity index (χ1v) is 12.6. The summed E-state index contributed by atoms with van der Waals surface area (Å²) in [6.45, 7) is 2.06. The van der Waals surface area contributed by atoms with Crippen molar-refractivity contribution in [2.45, 2.75) is 25.8 Å². The summed E-state index contributed by atoms with van der Waals surface area (Å²) in [6.07, 6.45) is 4.51. The van der Waals surface area contributed by atoms with Crippen molar-refractivity contribution >= 4 is 27.8 Å². The summed E-state index contributed by atoms with van der Waals surface area (Å²) in [7, 11) is 0. The lowest BCUT2D eigenvalue weighted by atomic mass is 9.80. The predicted molar refractivity (Wildman–Crippen MR) is 138 cm³/mol. The van der Waals surface area contributed by atoms with Gasteiger partial charge in [-0.05, 0) is 67.3 Å². The number of hydrogen-bond acceptors (Lipinski definition) is 4. The van der Waals surface area contributed by atoms with Gasteiger partial charge in [-0.3, -0.25) is 4.79 Å². The van der Waals surface area contributed by atoms with Crippen molar-refractivity contribution < 1.29 is 13.6 Å². The van der Waals surface area contributed by atoms with Gasteiger partial charge in [0.25, 0.3) is 0 Å². The largest absolute Gasteiger partial charge is 0.464 e. The first-order valence-electron chi connectivity index (χ1n) is 12.6. The van der Waals surface area contributed by atoms with E-state index in [1.165, 1.54) is 12.1 Å². The SMILES string of the molecule is O=C(C1CC1)[C@@]1(Cn2c(-c3ccc(-c4ccc5occc5c4)cc3)nc3cc(F)ccc32)CCNC1. The van der Waals surface area contributed by atoms with Gasteiger partial charge in [-0.15, -0.1) is 0 Å². The molecule has 1 aliphatic carbocycles. The maximum absolute atomic E-state index is 14.1. The number of carbonyl (C=O) groups excluding carboxylic acids is 1. The number of nitrogens with zero attached hydrogens (tertiary/aromatic N) is 2. The minimum atomic E-state index is -0.447. The average molecular weight is 480 g/mol. The highest BCUT2D eigenvalue weighted by Gasteiger charge is 2.48. The van der Waals surface area contributed by atoms with Crippen LogP contribution in [0.3, 0.4) is 0 Å².